The number of hydrogen-bond acceptors (Lipinski definition) is 5. The number of carbonyl (C=O) groups is 1. The molecule has 0 aliphatic rings. The number of hydrogen-bond donors (Lipinski definition) is 0. The van der Waals surface area contributed by atoms with Crippen LogP contribution in [-0.4, -0.2) is 13.1 Å². The highest BCUT2D eigenvalue weighted by Gasteiger charge is 2.11. The zero-order valence-electron chi connectivity index (χ0n) is 19.3. The van der Waals surface area contributed by atoms with Gasteiger partial charge in [-0.1, -0.05) is 11.6 Å². The molecule has 0 fully saturated rings. The van der Waals surface area contributed by atoms with E-state index in [0.717, 1.165) is 38.9 Å². The van der Waals surface area contributed by atoms with Gasteiger partial charge in [-0.3, -0.25) is 0 Å². The molecule has 0 radical (unpaired) electrons. The van der Waals surface area contributed by atoms with Crippen molar-refractivity contribution < 1.29 is 23.7 Å². The van der Waals surface area contributed by atoms with Crippen LogP contribution >= 0.6 is 0 Å². The third-order valence-corrected chi connectivity index (χ3v) is 5.51. The fourth-order valence-corrected chi connectivity index (χ4v) is 3.69. The second-order valence-electron chi connectivity index (χ2n) is 8.01. The van der Waals surface area contributed by atoms with Gasteiger partial charge < -0.3 is 13.9 Å². The lowest BCUT2D eigenvalue weighted by Gasteiger charge is -2.07. The fraction of sp³-hybridized carbons (Fsp3) is 0.0690. The number of pyridine rings is 1. The molecule has 5 rings (SSSR count). The first-order valence-corrected chi connectivity index (χ1v) is 11.1. The molecule has 1 N–H and O–H groups in total. The largest absolute Gasteiger partial charge is 0.497 e. The molecule has 0 spiro atoms. The van der Waals surface area contributed by atoms with Gasteiger partial charge in [-0.2, -0.15) is 0 Å². The van der Waals surface area contributed by atoms with E-state index in [1.165, 1.54) is 0 Å². The monoisotopic (exact) mass is 463 g/mol. The highest BCUT2D eigenvalue weighted by atomic mass is 16.5. The first kappa shape index (κ1) is 22.1. The number of ether oxygens (including phenoxy) is 2. The lowest BCUT2D eigenvalue weighted by Crippen LogP contribution is -2.12. The van der Waals surface area contributed by atoms with Gasteiger partial charge >= 0.3 is 5.97 Å². The minimum Gasteiger partial charge on any atom is -0.497 e. The molecule has 0 aliphatic carbocycles. The van der Waals surface area contributed by atoms with Crippen molar-refractivity contribution in [2.45, 2.75) is 6.92 Å². The number of esters is 1. The van der Waals surface area contributed by atoms with Crippen LogP contribution in [0.3, 0.4) is 0 Å². The number of methoxy groups -OCH3 is 1. The summed E-state index contributed by atoms with van der Waals surface area (Å²) in [6, 6.07) is 26.2. The average Bonchev–Trinajstić information content (AvgIpc) is 2.90. The van der Waals surface area contributed by atoms with Gasteiger partial charge in [-0.25, -0.2) is 14.8 Å². The van der Waals surface area contributed by atoms with Crippen molar-refractivity contribution in [3.8, 4) is 22.8 Å². The van der Waals surface area contributed by atoms with Crippen LogP contribution in [0.2, 0.25) is 0 Å². The maximum atomic E-state index is 12.3. The summed E-state index contributed by atoms with van der Waals surface area (Å²) in [6.45, 7) is 2.04. The smallest absolute Gasteiger partial charge is 0.349 e. The van der Waals surface area contributed by atoms with Gasteiger partial charge in [0.15, 0.2) is 12.4 Å². The average molecular weight is 464 g/mol. The van der Waals surface area contributed by atoms with E-state index in [1.807, 2.05) is 61.5 Å². The zero-order chi connectivity index (χ0) is 24.2. The van der Waals surface area contributed by atoms with Gasteiger partial charge in [0, 0.05) is 23.1 Å². The number of aromatic nitrogens is 1. The lowest BCUT2D eigenvalue weighted by atomic mass is 10.1. The number of benzene rings is 3. The molecule has 6 nitrogen and oxygen atoms in total. The minimum absolute atomic E-state index is 0.429. The van der Waals surface area contributed by atoms with Crippen LogP contribution in [0.1, 0.15) is 15.9 Å². The molecular formula is C29H23N2O4+. The molecule has 0 unspecified atom stereocenters. The number of nitrogens with one attached hydrogen (secondary N) is 1. The molecule has 35 heavy (non-hydrogen) atoms. The third kappa shape index (κ3) is 4.96. The quantitative estimate of drug-likeness (QED) is 0.248. The Bertz CT molecular complexity index is 1560. The topological polar surface area (TPSA) is 75.2 Å². The summed E-state index contributed by atoms with van der Waals surface area (Å²) in [5.74, 6) is 1.50. The Hall–Kier alpha value is -4.71. The first-order chi connectivity index (χ1) is 17.1. The normalized spacial score (nSPS) is 11.4. The Kier molecular flexibility index (Phi) is 6.09. The van der Waals surface area contributed by atoms with Crippen LogP contribution in [0.15, 0.2) is 107 Å². The number of aromatic amines is 1. The summed E-state index contributed by atoms with van der Waals surface area (Å²) < 4.78 is 16.9. The lowest BCUT2D eigenvalue weighted by molar-refractivity contribution is -0.378. The molecule has 0 atom stereocenters. The van der Waals surface area contributed by atoms with Gasteiger partial charge in [0.2, 0.25) is 0 Å². The van der Waals surface area contributed by atoms with Gasteiger partial charge in [-0.15, -0.1) is 0 Å². The van der Waals surface area contributed by atoms with E-state index in [4.69, 9.17) is 18.9 Å². The van der Waals surface area contributed by atoms with E-state index in [-0.39, 0.29) is 0 Å². The Morgan fingerprint density at radius 1 is 0.914 bits per heavy atom. The number of H-pyrrole nitrogens is 1. The summed E-state index contributed by atoms with van der Waals surface area (Å²) >= 11 is 0. The molecule has 0 saturated heterocycles. The molecular weight excluding hydrogens is 440 g/mol. The summed E-state index contributed by atoms with van der Waals surface area (Å²) in [5.41, 5.74) is 3.95. The standard InChI is InChI=1S/C29H22N2O4/c1-19-5-14-27-25(16-19)26(17-28(35-27)20-6-10-23(33-2)11-7-20)31-22-8-12-24(13-9-22)34-29(32)21-4-3-15-30-18-21/h3-18H,1-2H3/p+1. The van der Waals surface area contributed by atoms with E-state index in [1.54, 1.807) is 43.8 Å². The van der Waals surface area contributed by atoms with Crippen molar-refractivity contribution in [2.24, 2.45) is 4.99 Å². The van der Waals surface area contributed by atoms with Crippen molar-refractivity contribution in [3.63, 3.8) is 0 Å². The SMILES string of the molecule is COc1ccc(-c2cc(=Nc3ccc(OC(=O)c4ccc[nH+]c4)cc3)c3cc(C)ccc3o2)cc1. The minimum atomic E-state index is -0.429. The summed E-state index contributed by atoms with van der Waals surface area (Å²) in [7, 11) is 1.64. The van der Waals surface area contributed by atoms with E-state index < -0.39 is 5.97 Å². The Morgan fingerprint density at radius 3 is 2.40 bits per heavy atom. The van der Waals surface area contributed by atoms with Crippen molar-refractivity contribution in [1.82, 2.24) is 0 Å². The van der Waals surface area contributed by atoms with Crippen LogP contribution < -0.4 is 19.8 Å². The maximum absolute atomic E-state index is 12.3. The molecule has 0 bridgehead atoms. The number of rotatable bonds is 5. The van der Waals surface area contributed by atoms with Crippen LogP contribution in [0.25, 0.3) is 22.3 Å². The molecule has 0 saturated carbocycles. The van der Waals surface area contributed by atoms with Gasteiger partial charge in [-0.05, 0) is 73.7 Å². The van der Waals surface area contributed by atoms with Crippen molar-refractivity contribution >= 4 is 22.6 Å². The zero-order valence-corrected chi connectivity index (χ0v) is 19.3. The Balaban J connectivity index is 1.51. The highest BCUT2D eigenvalue weighted by molar-refractivity contribution is 5.90. The second-order valence-corrected chi connectivity index (χ2v) is 8.01. The number of fused-ring (bicyclic) bond motifs is 1. The second kappa shape index (κ2) is 9.65. The molecule has 6 heteroatoms. The van der Waals surface area contributed by atoms with Crippen molar-refractivity contribution in [2.75, 3.05) is 7.11 Å². The first-order valence-electron chi connectivity index (χ1n) is 11.1. The molecule has 3 aromatic carbocycles. The molecule has 0 amide bonds. The number of nitrogens with zero attached hydrogens (tertiary/aromatic N) is 1. The van der Waals surface area contributed by atoms with E-state index in [0.29, 0.717) is 17.1 Å². The van der Waals surface area contributed by atoms with Gasteiger partial charge in [0.25, 0.3) is 0 Å². The predicted octanol–water partition coefficient (Wildman–Crippen LogP) is 5.68. The summed E-state index contributed by atoms with van der Waals surface area (Å²) in [5, 5.41) is 1.70. The highest BCUT2D eigenvalue weighted by Crippen LogP contribution is 2.26. The van der Waals surface area contributed by atoms with Crippen molar-refractivity contribution in [1.29, 1.82) is 0 Å². The van der Waals surface area contributed by atoms with E-state index in [9.17, 15) is 4.79 Å². The van der Waals surface area contributed by atoms with E-state index in [2.05, 4.69) is 11.1 Å². The van der Waals surface area contributed by atoms with Crippen LogP contribution in [0.4, 0.5) is 5.69 Å². The van der Waals surface area contributed by atoms with Crippen LogP contribution in [0.5, 0.6) is 11.5 Å². The molecule has 0 aliphatic heterocycles. The molecule has 5 aromatic rings. The maximum Gasteiger partial charge on any atom is 0.349 e. The number of aryl methyl sites for hydroxylation is 1. The van der Waals surface area contributed by atoms with Crippen LogP contribution in [0, 0.1) is 6.92 Å². The van der Waals surface area contributed by atoms with Crippen molar-refractivity contribution in [3.05, 3.63) is 114 Å². The predicted molar refractivity (Wildman–Crippen MR) is 133 cm³/mol. The Morgan fingerprint density at radius 2 is 1.69 bits per heavy atom. The molecule has 2 aromatic heterocycles. The summed E-state index contributed by atoms with van der Waals surface area (Å²) in [6.07, 6.45) is 3.33. The van der Waals surface area contributed by atoms with E-state index >= 15 is 0 Å². The van der Waals surface area contributed by atoms with Crippen LogP contribution in [-0.2, 0) is 0 Å². The number of carbonyl (C=O) groups excluding carboxylic acids is 1. The van der Waals surface area contributed by atoms with Gasteiger partial charge in [0.05, 0.1) is 18.2 Å². The van der Waals surface area contributed by atoms with Gasteiger partial charge in [0.1, 0.15) is 28.4 Å². The Labute approximate surface area is 202 Å². The molecule has 2 heterocycles. The summed E-state index contributed by atoms with van der Waals surface area (Å²) in [4.78, 5) is 20.1. The third-order valence-electron chi connectivity index (χ3n) is 5.51. The fourth-order valence-electron chi connectivity index (χ4n) is 3.69. The molecule has 172 valence electrons.